The molecule has 0 aliphatic carbocycles. The van der Waals surface area contributed by atoms with E-state index in [1.165, 1.54) is 12.1 Å². The molecule has 0 radical (unpaired) electrons. The third-order valence-electron chi connectivity index (χ3n) is 4.17. The largest absolute Gasteiger partial charge is 0.315 e. The van der Waals surface area contributed by atoms with Crippen LogP contribution in [0.25, 0.3) is 0 Å². The third-order valence-corrected chi connectivity index (χ3v) is 6.11. The zero-order valence-electron chi connectivity index (χ0n) is 11.7. The SMILES string of the molecule is Cl.O=S(=O)(Cc1ccc(F)cc1)N1C2CCNCC1CC2. The first-order valence-electron chi connectivity index (χ1n) is 7.02. The first-order chi connectivity index (χ1) is 9.56. The van der Waals surface area contributed by atoms with Crippen molar-refractivity contribution in [3.05, 3.63) is 35.6 Å². The van der Waals surface area contributed by atoms with Crippen molar-refractivity contribution in [2.75, 3.05) is 13.1 Å². The van der Waals surface area contributed by atoms with E-state index in [0.717, 1.165) is 32.4 Å². The van der Waals surface area contributed by atoms with Gasteiger partial charge in [0, 0.05) is 18.6 Å². The molecule has 1 N–H and O–H groups in total. The molecule has 2 aliphatic rings. The van der Waals surface area contributed by atoms with Gasteiger partial charge in [0.15, 0.2) is 0 Å². The highest BCUT2D eigenvalue weighted by molar-refractivity contribution is 7.88. The maximum atomic E-state index is 12.9. The molecule has 7 heteroatoms. The Morgan fingerprint density at radius 1 is 1.14 bits per heavy atom. The molecule has 2 fully saturated rings. The van der Waals surface area contributed by atoms with Gasteiger partial charge in [-0.25, -0.2) is 12.8 Å². The highest BCUT2D eigenvalue weighted by atomic mass is 35.5. The summed E-state index contributed by atoms with van der Waals surface area (Å²) in [5, 5.41) is 3.30. The summed E-state index contributed by atoms with van der Waals surface area (Å²) in [5.74, 6) is -0.384. The van der Waals surface area contributed by atoms with E-state index in [2.05, 4.69) is 5.32 Å². The van der Waals surface area contributed by atoms with Crippen molar-refractivity contribution in [2.45, 2.75) is 37.1 Å². The van der Waals surface area contributed by atoms with Gasteiger partial charge in [-0.1, -0.05) is 12.1 Å². The predicted octanol–water partition coefficient (Wildman–Crippen LogP) is 1.90. The van der Waals surface area contributed by atoms with Crippen molar-refractivity contribution in [3.8, 4) is 0 Å². The van der Waals surface area contributed by atoms with Gasteiger partial charge < -0.3 is 5.32 Å². The van der Waals surface area contributed by atoms with Gasteiger partial charge in [-0.15, -0.1) is 12.4 Å². The number of hydrogen-bond acceptors (Lipinski definition) is 3. The molecule has 2 heterocycles. The highest BCUT2D eigenvalue weighted by Gasteiger charge is 2.42. The minimum absolute atomic E-state index is 0. The van der Waals surface area contributed by atoms with Crippen molar-refractivity contribution in [2.24, 2.45) is 0 Å². The summed E-state index contributed by atoms with van der Waals surface area (Å²) in [5.41, 5.74) is 0.642. The molecule has 2 unspecified atom stereocenters. The smallest absolute Gasteiger partial charge is 0.218 e. The van der Waals surface area contributed by atoms with E-state index in [1.54, 1.807) is 16.4 Å². The second-order valence-corrected chi connectivity index (χ2v) is 7.46. The van der Waals surface area contributed by atoms with Gasteiger partial charge in [0.05, 0.1) is 5.75 Å². The van der Waals surface area contributed by atoms with E-state index in [9.17, 15) is 12.8 Å². The summed E-state index contributed by atoms with van der Waals surface area (Å²) in [4.78, 5) is 0. The first kappa shape index (κ1) is 16.7. The summed E-state index contributed by atoms with van der Waals surface area (Å²) < 4.78 is 39.9. The van der Waals surface area contributed by atoms with E-state index in [0.29, 0.717) is 5.56 Å². The minimum Gasteiger partial charge on any atom is -0.315 e. The molecular formula is C14H20ClFN2O2S. The molecule has 1 aromatic rings. The molecule has 2 bridgehead atoms. The van der Waals surface area contributed by atoms with Crippen LogP contribution in [0.4, 0.5) is 4.39 Å². The molecular weight excluding hydrogens is 315 g/mol. The van der Waals surface area contributed by atoms with Crippen LogP contribution >= 0.6 is 12.4 Å². The van der Waals surface area contributed by atoms with Gasteiger partial charge in [-0.2, -0.15) is 4.31 Å². The molecule has 0 aromatic heterocycles. The van der Waals surface area contributed by atoms with Crippen LogP contribution in [0.3, 0.4) is 0 Å². The second-order valence-electron chi connectivity index (χ2n) is 5.59. The fourth-order valence-electron chi connectivity index (χ4n) is 3.26. The fourth-order valence-corrected chi connectivity index (χ4v) is 5.32. The number of sulfonamides is 1. The molecule has 2 saturated heterocycles. The fraction of sp³-hybridized carbons (Fsp3) is 0.571. The van der Waals surface area contributed by atoms with Gasteiger partial charge in [0.2, 0.25) is 10.0 Å². The van der Waals surface area contributed by atoms with E-state index >= 15 is 0 Å². The van der Waals surface area contributed by atoms with Gasteiger partial charge in [-0.05, 0) is 43.5 Å². The van der Waals surface area contributed by atoms with Crippen LogP contribution in [0, 0.1) is 5.82 Å². The Hall–Kier alpha value is -0.690. The minimum atomic E-state index is -3.34. The lowest BCUT2D eigenvalue weighted by Crippen LogP contribution is -2.43. The molecule has 4 nitrogen and oxygen atoms in total. The molecule has 2 atom stereocenters. The van der Waals surface area contributed by atoms with Crippen LogP contribution in [0.2, 0.25) is 0 Å². The number of rotatable bonds is 3. The lowest BCUT2D eigenvalue weighted by molar-refractivity contribution is 0.334. The monoisotopic (exact) mass is 334 g/mol. The molecule has 2 aliphatic heterocycles. The Morgan fingerprint density at radius 3 is 2.52 bits per heavy atom. The van der Waals surface area contributed by atoms with Crippen LogP contribution < -0.4 is 5.32 Å². The highest BCUT2D eigenvalue weighted by Crippen LogP contribution is 2.32. The van der Waals surface area contributed by atoms with E-state index in [-0.39, 0.29) is 36.1 Å². The Labute approximate surface area is 131 Å². The van der Waals surface area contributed by atoms with Crippen molar-refractivity contribution >= 4 is 22.4 Å². The first-order valence-corrected chi connectivity index (χ1v) is 8.63. The number of halogens is 2. The molecule has 0 saturated carbocycles. The topological polar surface area (TPSA) is 49.4 Å². The maximum absolute atomic E-state index is 12.9. The standard InChI is InChI=1S/C14H19FN2O2S.ClH/c15-12-3-1-11(2-4-12)10-20(18,19)17-13-5-6-14(17)9-16-8-7-13;/h1-4,13-14,16H,5-10H2;1H. The van der Waals surface area contributed by atoms with Crippen LogP contribution in [-0.2, 0) is 15.8 Å². The normalized spacial score (nSPS) is 26.1. The summed E-state index contributed by atoms with van der Waals surface area (Å²) in [6.45, 7) is 1.61. The summed E-state index contributed by atoms with van der Waals surface area (Å²) in [7, 11) is -3.34. The number of nitrogens with one attached hydrogen (secondary N) is 1. The van der Waals surface area contributed by atoms with E-state index < -0.39 is 10.0 Å². The second kappa shape index (κ2) is 6.60. The summed E-state index contributed by atoms with van der Waals surface area (Å²) in [6, 6.07) is 5.91. The lowest BCUT2D eigenvalue weighted by atomic mass is 10.1. The summed E-state index contributed by atoms with van der Waals surface area (Å²) >= 11 is 0. The average molecular weight is 335 g/mol. The molecule has 118 valence electrons. The molecule has 0 spiro atoms. The number of hydrogen-bond donors (Lipinski definition) is 1. The van der Waals surface area contributed by atoms with Gasteiger partial charge >= 0.3 is 0 Å². The van der Waals surface area contributed by atoms with E-state index in [4.69, 9.17) is 0 Å². The zero-order valence-corrected chi connectivity index (χ0v) is 13.3. The maximum Gasteiger partial charge on any atom is 0.218 e. The van der Waals surface area contributed by atoms with Crippen molar-refractivity contribution in [1.82, 2.24) is 9.62 Å². The number of fused-ring (bicyclic) bond motifs is 2. The van der Waals surface area contributed by atoms with Crippen molar-refractivity contribution in [3.63, 3.8) is 0 Å². The van der Waals surface area contributed by atoms with Crippen LogP contribution in [0.5, 0.6) is 0 Å². The molecule has 21 heavy (non-hydrogen) atoms. The molecule has 0 amide bonds. The molecule has 1 aromatic carbocycles. The Balaban J connectivity index is 0.00000161. The average Bonchev–Trinajstić information content (AvgIpc) is 2.66. The Morgan fingerprint density at radius 2 is 1.81 bits per heavy atom. The van der Waals surface area contributed by atoms with E-state index in [1.807, 2.05) is 0 Å². The van der Waals surface area contributed by atoms with Crippen molar-refractivity contribution in [1.29, 1.82) is 0 Å². The van der Waals surface area contributed by atoms with Crippen LogP contribution in [-0.4, -0.2) is 37.9 Å². The van der Waals surface area contributed by atoms with Crippen molar-refractivity contribution < 1.29 is 12.8 Å². The Bertz CT molecular complexity index is 565. The van der Waals surface area contributed by atoms with Gasteiger partial charge in [0.25, 0.3) is 0 Å². The van der Waals surface area contributed by atoms with Crippen LogP contribution in [0.15, 0.2) is 24.3 Å². The zero-order chi connectivity index (χ0) is 14.2. The number of benzene rings is 1. The quantitative estimate of drug-likeness (QED) is 0.918. The summed E-state index contributed by atoms with van der Waals surface area (Å²) in [6.07, 6.45) is 2.76. The molecule has 3 rings (SSSR count). The van der Waals surface area contributed by atoms with Gasteiger partial charge in [0.1, 0.15) is 5.82 Å². The van der Waals surface area contributed by atoms with Gasteiger partial charge in [-0.3, -0.25) is 0 Å². The predicted molar refractivity (Wildman–Crippen MR) is 82.4 cm³/mol. The number of nitrogens with zero attached hydrogens (tertiary/aromatic N) is 1. The van der Waals surface area contributed by atoms with Crippen LogP contribution in [0.1, 0.15) is 24.8 Å². The third kappa shape index (κ3) is 3.56. The Kier molecular flexibility index (Phi) is 5.24. The lowest BCUT2D eigenvalue weighted by Gasteiger charge is -2.26.